The fraction of sp³-hybridized carbons (Fsp3) is 0.833. The molecule has 0 aromatic rings. The van der Waals surface area contributed by atoms with Gasteiger partial charge in [0.2, 0.25) is 0 Å². The second-order valence-corrected chi connectivity index (χ2v) is 7.82. The highest BCUT2D eigenvalue weighted by Crippen LogP contribution is 2.55. The molecule has 0 heterocycles. The molecule has 3 nitrogen and oxygen atoms in total. The molecule has 0 saturated heterocycles. The highest BCUT2D eigenvalue weighted by Gasteiger charge is 2.44. The highest BCUT2D eigenvalue weighted by atomic mass is 28.4. The van der Waals surface area contributed by atoms with Crippen LogP contribution >= 0.6 is 0 Å². The van der Waals surface area contributed by atoms with E-state index in [1.54, 1.807) is 21.3 Å². The molecule has 0 atom stereocenters. The Morgan fingerprint density at radius 3 is 2.00 bits per heavy atom. The Balaban J connectivity index is 2.07. The van der Waals surface area contributed by atoms with E-state index in [1.165, 1.54) is 32.1 Å². The van der Waals surface area contributed by atoms with E-state index in [0.29, 0.717) is 5.41 Å². The largest absolute Gasteiger partial charge is 0.528 e. The number of hydrogen-bond donors (Lipinski definition) is 0. The van der Waals surface area contributed by atoms with Crippen LogP contribution in [0.2, 0.25) is 0 Å². The molecule has 0 aromatic carbocycles. The number of rotatable bonds is 5. The molecule has 0 amide bonds. The molecule has 92 valence electrons. The molecule has 0 spiro atoms. The summed E-state index contributed by atoms with van der Waals surface area (Å²) in [6.45, 7) is 0. The van der Waals surface area contributed by atoms with Crippen LogP contribution in [0.15, 0.2) is 11.8 Å². The molecule has 2 aliphatic carbocycles. The van der Waals surface area contributed by atoms with Crippen LogP contribution in [0.4, 0.5) is 0 Å². The van der Waals surface area contributed by atoms with Crippen molar-refractivity contribution < 1.29 is 13.3 Å². The molecular weight excluding hydrogens is 220 g/mol. The van der Waals surface area contributed by atoms with E-state index in [-0.39, 0.29) is 0 Å². The summed E-state index contributed by atoms with van der Waals surface area (Å²) in [5.74, 6) is 0.966. The Morgan fingerprint density at radius 1 is 1.06 bits per heavy atom. The van der Waals surface area contributed by atoms with Crippen molar-refractivity contribution in [1.29, 1.82) is 0 Å². The Morgan fingerprint density at radius 2 is 1.62 bits per heavy atom. The van der Waals surface area contributed by atoms with Crippen molar-refractivity contribution in [3.8, 4) is 0 Å². The van der Waals surface area contributed by atoms with Crippen LogP contribution < -0.4 is 0 Å². The van der Waals surface area contributed by atoms with Crippen molar-refractivity contribution in [2.75, 3.05) is 21.3 Å². The van der Waals surface area contributed by atoms with Crippen molar-refractivity contribution in [3.63, 3.8) is 0 Å². The normalized spacial score (nSPS) is 34.1. The molecule has 0 unspecified atom stereocenters. The minimum atomic E-state index is -2.51. The van der Waals surface area contributed by atoms with E-state index >= 15 is 0 Å². The molecule has 2 saturated carbocycles. The summed E-state index contributed by atoms with van der Waals surface area (Å²) in [5, 5.41) is 0. The van der Waals surface area contributed by atoms with Gasteiger partial charge in [0, 0.05) is 21.3 Å². The average Bonchev–Trinajstić information content (AvgIpc) is 2.92. The maximum Gasteiger partial charge on any atom is 0.528 e. The molecule has 0 N–H and O–H groups in total. The van der Waals surface area contributed by atoms with Crippen molar-refractivity contribution in [2.45, 2.75) is 32.1 Å². The predicted octanol–water partition coefficient (Wildman–Crippen LogP) is 2.54. The van der Waals surface area contributed by atoms with E-state index in [2.05, 4.69) is 11.8 Å². The first-order chi connectivity index (χ1) is 7.67. The molecule has 2 aliphatic rings. The molecule has 0 radical (unpaired) electrons. The number of allylic oxidation sites excluding steroid dienone is 1. The summed E-state index contributed by atoms with van der Waals surface area (Å²) in [4.78, 5) is 0. The second kappa shape index (κ2) is 4.60. The van der Waals surface area contributed by atoms with E-state index in [1.807, 2.05) is 0 Å². The Labute approximate surface area is 99.1 Å². The van der Waals surface area contributed by atoms with Gasteiger partial charge in [0.15, 0.2) is 0 Å². The summed E-state index contributed by atoms with van der Waals surface area (Å²) in [6, 6.07) is 0. The van der Waals surface area contributed by atoms with Crippen LogP contribution in [-0.2, 0) is 13.3 Å². The summed E-state index contributed by atoms with van der Waals surface area (Å²) >= 11 is 0. The zero-order valence-corrected chi connectivity index (χ0v) is 11.5. The van der Waals surface area contributed by atoms with E-state index in [0.717, 1.165) is 5.92 Å². The summed E-state index contributed by atoms with van der Waals surface area (Å²) < 4.78 is 16.2. The van der Waals surface area contributed by atoms with Gasteiger partial charge in [0.25, 0.3) is 0 Å². The third-order valence-electron chi connectivity index (χ3n) is 4.29. The first-order valence-electron chi connectivity index (χ1n) is 6.03. The minimum absolute atomic E-state index is 0.429. The minimum Gasteiger partial charge on any atom is -0.374 e. The fourth-order valence-corrected chi connectivity index (χ4v) is 4.67. The molecule has 0 aromatic heterocycles. The van der Waals surface area contributed by atoms with Gasteiger partial charge >= 0.3 is 8.80 Å². The summed E-state index contributed by atoms with van der Waals surface area (Å²) in [7, 11) is 2.47. The lowest BCUT2D eigenvalue weighted by Crippen LogP contribution is -2.41. The van der Waals surface area contributed by atoms with Gasteiger partial charge in [-0.2, -0.15) is 0 Å². The fourth-order valence-electron chi connectivity index (χ4n) is 3.20. The first-order valence-corrected chi connectivity index (χ1v) is 7.84. The van der Waals surface area contributed by atoms with Crippen molar-refractivity contribution >= 4 is 8.80 Å². The van der Waals surface area contributed by atoms with E-state index < -0.39 is 8.80 Å². The lowest BCUT2D eigenvalue weighted by atomic mass is 9.85. The molecule has 2 rings (SSSR count). The SMILES string of the molecule is CO[Si](C=CC12CCC(CC1)C2)(OC)OC. The van der Waals surface area contributed by atoms with Crippen LogP contribution in [-0.4, -0.2) is 30.1 Å². The topological polar surface area (TPSA) is 27.7 Å². The first kappa shape index (κ1) is 12.3. The Kier molecular flexibility index (Phi) is 3.54. The monoisotopic (exact) mass is 242 g/mol. The van der Waals surface area contributed by atoms with Crippen LogP contribution in [0.3, 0.4) is 0 Å². The molecule has 4 heteroatoms. The summed E-state index contributed by atoms with van der Waals surface area (Å²) in [5.41, 5.74) is 2.50. The standard InChI is InChI=1S/C12H22O3Si/c1-13-16(14-2,15-3)9-8-12-6-4-11(10-12)5-7-12/h8-9,11H,4-7,10H2,1-3H3. The van der Waals surface area contributed by atoms with Gasteiger partial charge in [-0.05, 0) is 49.1 Å². The third kappa shape index (κ3) is 2.11. The lowest BCUT2D eigenvalue weighted by Gasteiger charge is -2.25. The maximum atomic E-state index is 5.41. The van der Waals surface area contributed by atoms with Gasteiger partial charge in [0.1, 0.15) is 0 Å². The molecular formula is C12H22O3Si. The van der Waals surface area contributed by atoms with E-state index in [9.17, 15) is 0 Å². The van der Waals surface area contributed by atoms with Gasteiger partial charge in [-0.15, -0.1) is 0 Å². The van der Waals surface area contributed by atoms with Crippen LogP contribution in [0.25, 0.3) is 0 Å². The van der Waals surface area contributed by atoms with Crippen LogP contribution in [0.1, 0.15) is 32.1 Å². The smallest absolute Gasteiger partial charge is 0.374 e. The molecule has 0 aliphatic heterocycles. The van der Waals surface area contributed by atoms with Crippen LogP contribution in [0, 0.1) is 11.3 Å². The predicted molar refractivity (Wildman–Crippen MR) is 64.9 cm³/mol. The number of fused-ring (bicyclic) bond motifs is 2. The zero-order chi connectivity index (χ0) is 11.6. The molecule has 16 heavy (non-hydrogen) atoms. The maximum absolute atomic E-state index is 5.41. The van der Waals surface area contributed by atoms with Crippen molar-refractivity contribution in [1.82, 2.24) is 0 Å². The summed E-state index contributed by atoms with van der Waals surface area (Å²) in [6.07, 6.45) is 9.12. The molecule has 2 fully saturated rings. The van der Waals surface area contributed by atoms with Crippen molar-refractivity contribution in [3.05, 3.63) is 11.8 Å². The van der Waals surface area contributed by atoms with Crippen molar-refractivity contribution in [2.24, 2.45) is 11.3 Å². The number of hydrogen-bond acceptors (Lipinski definition) is 3. The zero-order valence-electron chi connectivity index (χ0n) is 10.5. The second-order valence-electron chi connectivity index (χ2n) is 5.06. The van der Waals surface area contributed by atoms with Gasteiger partial charge in [-0.1, -0.05) is 6.08 Å². The Hall–Kier alpha value is -0.163. The third-order valence-corrected chi connectivity index (χ3v) is 6.57. The van der Waals surface area contributed by atoms with Crippen LogP contribution in [0.5, 0.6) is 0 Å². The van der Waals surface area contributed by atoms with Gasteiger partial charge in [-0.25, -0.2) is 0 Å². The highest BCUT2D eigenvalue weighted by molar-refractivity contribution is 6.66. The quantitative estimate of drug-likeness (QED) is 0.693. The lowest BCUT2D eigenvalue weighted by molar-refractivity contribution is 0.138. The van der Waals surface area contributed by atoms with Gasteiger partial charge < -0.3 is 13.3 Å². The van der Waals surface area contributed by atoms with E-state index in [4.69, 9.17) is 13.3 Å². The molecule has 2 bridgehead atoms. The van der Waals surface area contributed by atoms with Gasteiger partial charge in [-0.3, -0.25) is 0 Å². The Bertz CT molecular complexity index is 253. The average molecular weight is 242 g/mol. The van der Waals surface area contributed by atoms with Gasteiger partial charge in [0.05, 0.1) is 0 Å².